The van der Waals surface area contributed by atoms with Gasteiger partial charge in [-0.05, 0) is 25.1 Å². The van der Waals surface area contributed by atoms with Crippen LogP contribution in [0.15, 0.2) is 65.7 Å². The van der Waals surface area contributed by atoms with Crippen molar-refractivity contribution in [2.45, 2.75) is 24.4 Å². The van der Waals surface area contributed by atoms with Gasteiger partial charge in [0.15, 0.2) is 11.0 Å². The lowest BCUT2D eigenvalue weighted by molar-refractivity contribution is 0.731. The first-order chi connectivity index (χ1) is 14.5. The second-order valence-electron chi connectivity index (χ2n) is 6.63. The van der Waals surface area contributed by atoms with Crippen LogP contribution >= 0.6 is 46.3 Å². The molecule has 8 heteroatoms. The zero-order valence-electron chi connectivity index (χ0n) is 16.2. The van der Waals surface area contributed by atoms with Gasteiger partial charge in [-0.3, -0.25) is 4.57 Å². The number of nitrogens with zero attached hydrogens (tertiary/aromatic N) is 4. The number of thioether (sulfide) groups is 1. The van der Waals surface area contributed by atoms with Crippen molar-refractivity contribution in [3.05, 3.63) is 81.8 Å². The second-order valence-corrected chi connectivity index (χ2v) is 9.25. The zero-order chi connectivity index (χ0) is 21.1. The Kier molecular flexibility index (Phi) is 6.58. The maximum absolute atomic E-state index is 6.18. The SMILES string of the molecule is C=CCn1c(SCc2csc(-c3ccc(C)cc3)n2)nnc1-c1ccc(Cl)c(Cl)c1. The van der Waals surface area contributed by atoms with E-state index in [1.54, 1.807) is 35.2 Å². The lowest BCUT2D eigenvalue weighted by Gasteiger charge is -2.08. The third-order valence-electron chi connectivity index (χ3n) is 4.41. The highest BCUT2D eigenvalue weighted by molar-refractivity contribution is 7.98. The maximum atomic E-state index is 6.18. The standard InChI is InChI=1S/C22H18Cl2N4S2/c1-3-10-28-20(16-8-9-18(23)19(24)11-16)26-27-22(28)30-13-17-12-29-21(25-17)15-6-4-14(2)5-7-15/h3-9,11-12H,1,10,13H2,2H3. The van der Waals surface area contributed by atoms with Gasteiger partial charge in [0.25, 0.3) is 0 Å². The summed E-state index contributed by atoms with van der Waals surface area (Å²) < 4.78 is 2.02. The van der Waals surface area contributed by atoms with Crippen molar-refractivity contribution in [1.29, 1.82) is 0 Å². The number of allylic oxidation sites excluding steroid dienone is 1. The number of aromatic nitrogens is 4. The van der Waals surface area contributed by atoms with Crippen molar-refractivity contribution in [3.8, 4) is 22.0 Å². The molecule has 0 saturated heterocycles. The fourth-order valence-electron chi connectivity index (χ4n) is 2.88. The summed E-state index contributed by atoms with van der Waals surface area (Å²) in [6, 6.07) is 13.9. The molecule has 2 aromatic heterocycles. The van der Waals surface area contributed by atoms with E-state index < -0.39 is 0 Å². The summed E-state index contributed by atoms with van der Waals surface area (Å²) in [5, 5.41) is 13.7. The number of benzene rings is 2. The lowest BCUT2D eigenvalue weighted by atomic mass is 10.2. The maximum Gasteiger partial charge on any atom is 0.192 e. The highest BCUT2D eigenvalue weighted by Crippen LogP contribution is 2.31. The van der Waals surface area contributed by atoms with Gasteiger partial charge in [-0.1, -0.05) is 70.9 Å². The molecule has 0 amide bonds. The summed E-state index contributed by atoms with van der Waals surface area (Å²) in [7, 11) is 0. The van der Waals surface area contributed by atoms with E-state index in [0.29, 0.717) is 22.3 Å². The average molecular weight is 473 g/mol. The molecule has 0 aliphatic heterocycles. The predicted molar refractivity (Wildman–Crippen MR) is 128 cm³/mol. The molecule has 0 unspecified atom stereocenters. The fraction of sp³-hybridized carbons (Fsp3) is 0.136. The molecule has 0 atom stereocenters. The van der Waals surface area contributed by atoms with Crippen LogP contribution in [-0.2, 0) is 12.3 Å². The highest BCUT2D eigenvalue weighted by Gasteiger charge is 2.15. The van der Waals surface area contributed by atoms with E-state index in [2.05, 4.69) is 53.3 Å². The van der Waals surface area contributed by atoms with Crippen LogP contribution in [0.5, 0.6) is 0 Å². The molecule has 0 bridgehead atoms. The van der Waals surface area contributed by atoms with Crippen LogP contribution in [-0.4, -0.2) is 19.7 Å². The Morgan fingerprint density at radius 3 is 2.57 bits per heavy atom. The molecule has 152 valence electrons. The Balaban J connectivity index is 1.54. The molecule has 0 aliphatic rings. The van der Waals surface area contributed by atoms with E-state index in [1.807, 2.05) is 16.7 Å². The predicted octanol–water partition coefficient (Wildman–Crippen LogP) is 7.16. The molecule has 4 aromatic rings. The second kappa shape index (κ2) is 9.35. The van der Waals surface area contributed by atoms with Crippen molar-refractivity contribution < 1.29 is 0 Å². The van der Waals surface area contributed by atoms with E-state index in [4.69, 9.17) is 28.2 Å². The van der Waals surface area contributed by atoms with Gasteiger partial charge in [0, 0.05) is 28.8 Å². The highest BCUT2D eigenvalue weighted by atomic mass is 35.5. The molecule has 0 N–H and O–H groups in total. The van der Waals surface area contributed by atoms with Crippen LogP contribution < -0.4 is 0 Å². The quantitative estimate of drug-likeness (QED) is 0.211. The van der Waals surface area contributed by atoms with Crippen LogP contribution in [0.2, 0.25) is 10.0 Å². The molecule has 4 nitrogen and oxygen atoms in total. The number of halogens is 2. The summed E-state index contributed by atoms with van der Waals surface area (Å²) in [6.07, 6.45) is 1.83. The summed E-state index contributed by atoms with van der Waals surface area (Å²) in [5.74, 6) is 1.44. The number of hydrogen-bond acceptors (Lipinski definition) is 5. The Bertz CT molecular complexity index is 1180. The minimum absolute atomic E-state index is 0.489. The van der Waals surface area contributed by atoms with E-state index in [9.17, 15) is 0 Å². The molecule has 30 heavy (non-hydrogen) atoms. The van der Waals surface area contributed by atoms with E-state index >= 15 is 0 Å². The van der Waals surface area contributed by atoms with E-state index in [-0.39, 0.29) is 0 Å². The summed E-state index contributed by atoms with van der Waals surface area (Å²) >= 11 is 15.5. The minimum atomic E-state index is 0.489. The first-order valence-electron chi connectivity index (χ1n) is 9.19. The molecular weight excluding hydrogens is 455 g/mol. The molecule has 0 fully saturated rings. The normalized spacial score (nSPS) is 11.0. The van der Waals surface area contributed by atoms with Gasteiger partial charge in [0.2, 0.25) is 0 Å². The Morgan fingerprint density at radius 1 is 1.07 bits per heavy atom. The molecular formula is C22H18Cl2N4S2. The topological polar surface area (TPSA) is 43.6 Å². The third-order valence-corrected chi connectivity index (χ3v) is 7.09. The number of rotatable bonds is 7. The number of thiazole rings is 1. The van der Waals surface area contributed by atoms with E-state index in [0.717, 1.165) is 32.8 Å². The number of hydrogen-bond donors (Lipinski definition) is 0. The third kappa shape index (κ3) is 4.62. The smallest absolute Gasteiger partial charge is 0.192 e. The lowest BCUT2D eigenvalue weighted by Crippen LogP contribution is -2.00. The van der Waals surface area contributed by atoms with Gasteiger partial charge in [-0.25, -0.2) is 4.98 Å². The van der Waals surface area contributed by atoms with Crippen LogP contribution in [0, 0.1) is 6.92 Å². The summed E-state index contributed by atoms with van der Waals surface area (Å²) in [4.78, 5) is 4.78. The molecule has 0 spiro atoms. The fourth-order valence-corrected chi connectivity index (χ4v) is 4.95. The van der Waals surface area contributed by atoms with E-state index in [1.165, 1.54) is 5.56 Å². The minimum Gasteiger partial charge on any atom is -0.298 e. The van der Waals surface area contributed by atoms with Gasteiger partial charge in [0.05, 0.1) is 15.7 Å². The molecule has 0 aliphatic carbocycles. The van der Waals surface area contributed by atoms with Gasteiger partial charge in [0.1, 0.15) is 5.01 Å². The van der Waals surface area contributed by atoms with Crippen LogP contribution in [0.4, 0.5) is 0 Å². The molecule has 0 saturated carbocycles. The van der Waals surface area contributed by atoms with Crippen molar-refractivity contribution in [1.82, 2.24) is 19.7 Å². The van der Waals surface area contributed by atoms with Gasteiger partial charge >= 0.3 is 0 Å². The summed E-state index contributed by atoms with van der Waals surface area (Å²) in [6.45, 7) is 6.54. The van der Waals surface area contributed by atoms with Crippen LogP contribution in [0.25, 0.3) is 22.0 Å². The van der Waals surface area contributed by atoms with Crippen molar-refractivity contribution in [2.75, 3.05) is 0 Å². The van der Waals surface area contributed by atoms with Crippen LogP contribution in [0.3, 0.4) is 0 Å². The molecule has 4 rings (SSSR count). The molecule has 2 heterocycles. The largest absolute Gasteiger partial charge is 0.298 e. The Hall–Kier alpha value is -2.12. The number of aryl methyl sites for hydroxylation is 1. The average Bonchev–Trinajstić information content (AvgIpc) is 3.37. The first-order valence-corrected chi connectivity index (χ1v) is 11.8. The molecule has 0 radical (unpaired) electrons. The Morgan fingerprint density at radius 2 is 1.83 bits per heavy atom. The van der Waals surface area contributed by atoms with Gasteiger partial charge < -0.3 is 0 Å². The Labute approximate surface area is 193 Å². The summed E-state index contributed by atoms with van der Waals surface area (Å²) in [5.41, 5.74) is 4.26. The van der Waals surface area contributed by atoms with Gasteiger partial charge in [-0.2, -0.15) is 0 Å². The van der Waals surface area contributed by atoms with Gasteiger partial charge in [-0.15, -0.1) is 28.1 Å². The first kappa shape index (κ1) is 21.1. The van der Waals surface area contributed by atoms with Crippen molar-refractivity contribution >= 4 is 46.3 Å². The van der Waals surface area contributed by atoms with Crippen LogP contribution in [0.1, 0.15) is 11.3 Å². The van der Waals surface area contributed by atoms with Crippen molar-refractivity contribution in [3.63, 3.8) is 0 Å². The zero-order valence-corrected chi connectivity index (χ0v) is 19.3. The molecule has 2 aromatic carbocycles. The monoisotopic (exact) mass is 472 g/mol. The van der Waals surface area contributed by atoms with Crippen molar-refractivity contribution in [2.24, 2.45) is 0 Å².